The molecule has 0 atom stereocenters. The lowest BCUT2D eigenvalue weighted by Gasteiger charge is -2.08. The van der Waals surface area contributed by atoms with Crippen LogP contribution in [0.4, 0.5) is 10.1 Å². The summed E-state index contributed by atoms with van der Waals surface area (Å²) in [7, 11) is 3.36. The van der Waals surface area contributed by atoms with Crippen LogP contribution in [0, 0.1) is 5.82 Å². The number of amides is 1. The van der Waals surface area contributed by atoms with E-state index in [4.69, 9.17) is 4.74 Å². The fourth-order valence-corrected chi connectivity index (χ4v) is 3.32. The Balaban J connectivity index is 1.66. The van der Waals surface area contributed by atoms with Gasteiger partial charge in [0.05, 0.1) is 13.4 Å². The monoisotopic (exact) mass is 406 g/mol. The lowest BCUT2D eigenvalue weighted by Crippen LogP contribution is -2.28. The highest BCUT2D eigenvalue weighted by atomic mass is 19.1. The maximum Gasteiger partial charge on any atom is 0.278 e. The van der Waals surface area contributed by atoms with Crippen LogP contribution in [0.5, 0.6) is 5.75 Å². The number of aryl methyl sites for hydroxylation is 1. The van der Waals surface area contributed by atoms with E-state index in [1.165, 1.54) is 35.2 Å². The first-order valence-electron chi connectivity index (χ1n) is 9.20. The predicted molar refractivity (Wildman–Crippen MR) is 112 cm³/mol. The van der Waals surface area contributed by atoms with Crippen molar-refractivity contribution in [2.75, 3.05) is 12.4 Å². The zero-order valence-corrected chi connectivity index (χ0v) is 16.4. The SMILES string of the molecule is COc1cccc(-c2cn(C)c3c(=O)n(CC(=O)Nc4ccc(F)cc4)cnc23)c1. The molecule has 0 unspecified atom stereocenters. The van der Waals surface area contributed by atoms with Gasteiger partial charge < -0.3 is 14.6 Å². The van der Waals surface area contributed by atoms with Crippen LogP contribution in [0.25, 0.3) is 22.2 Å². The molecule has 0 aliphatic carbocycles. The molecule has 1 amide bonds. The molecular weight excluding hydrogens is 387 g/mol. The van der Waals surface area contributed by atoms with E-state index in [2.05, 4.69) is 10.3 Å². The Morgan fingerprint density at radius 2 is 1.97 bits per heavy atom. The van der Waals surface area contributed by atoms with Crippen LogP contribution in [0.1, 0.15) is 0 Å². The maximum absolute atomic E-state index is 13.0. The predicted octanol–water partition coefficient (Wildman–Crippen LogP) is 3.19. The summed E-state index contributed by atoms with van der Waals surface area (Å²) < 4.78 is 21.2. The number of aromatic nitrogens is 3. The molecule has 2 aromatic carbocycles. The summed E-state index contributed by atoms with van der Waals surface area (Å²) in [6.07, 6.45) is 3.19. The summed E-state index contributed by atoms with van der Waals surface area (Å²) in [4.78, 5) is 29.8. The van der Waals surface area contributed by atoms with E-state index in [0.29, 0.717) is 22.5 Å². The fraction of sp³-hybridized carbons (Fsp3) is 0.136. The van der Waals surface area contributed by atoms with Gasteiger partial charge in [0.15, 0.2) is 0 Å². The number of rotatable bonds is 5. The molecule has 30 heavy (non-hydrogen) atoms. The smallest absolute Gasteiger partial charge is 0.278 e. The summed E-state index contributed by atoms with van der Waals surface area (Å²) in [6.45, 7) is -0.210. The Kier molecular flexibility index (Phi) is 5.05. The molecule has 1 N–H and O–H groups in total. The van der Waals surface area contributed by atoms with Gasteiger partial charge in [0.1, 0.15) is 29.1 Å². The number of carbonyl (C=O) groups is 1. The molecule has 0 saturated carbocycles. The Morgan fingerprint density at radius 3 is 2.70 bits per heavy atom. The van der Waals surface area contributed by atoms with E-state index >= 15 is 0 Å². The minimum Gasteiger partial charge on any atom is -0.497 e. The summed E-state index contributed by atoms with van der Waals surface area (Å²) in [6, 6.07) is 12.9. The fourth-order valence-electron chi connectivity index (χ4n) is 3.32. The third-order valence-electron chi connectivity index (χ3n) is 4.77. The van der Waals surface area contributed by atoms with Gasteiger partial charge in [-0.2, -0.15) is 0 Å². The van der Waals surface area contributed by atoms with Crippen LogP contribution < -0.4 is 15.6 Å². The Morgan fingerprint density at radius 1 is 1.20 bits per heavy atom. The van der Waals surface area contributed by atoms with E-state index < -0.39 is 11.7 Å². The summed E-state index contributed by atoms with van der Waals surface area (Å²) in [5, 5.41) is 2.64. The van der Waals surface area contributed by atoms with Crippen LogP contribution >= 0.6 is 0 Å². The third kappa shape index (κ3) is 3.67. The number of halogens is 1. The second kappa shape index (κ2) is 7.82. The molecule has 0 bridgehead atoms. The van der Waals surface area contributed by atoms with Gasteiger partial charge in [-0.25, -0.2) is 9.37 Å². The molecule has 4 rings (SSSR count). The van der Waals surface area contributed by atoms with Crippen molar-refractivity contribution in [1.29, 1.82) is 0 Å². The van der Waals surface area contributed by atoms with Crippen molar-refractivity contribution < 1.29 is 13.9 Å². The van der Waals surface area contributed by atoms with Crippen LogP contribution in [0.3, 0.4) is 0 Å². The van der Waals surface area contributed by atoms with Gasteiger partial charge in [0.25, 0.3) is 5.56 Å². The van der Waals surface area contributed by atoms with Gasteiger partial charge in [0.2, 0.25) is 5.91 Å². The van der Waals surface area contributed by atoms with Crippen molar-refractivity contribution in [2.45, 2.75) is 6.54 Å². The second-order valence-electron chi connectivity index (χ2n) is 6.82. The molecule has 0 aliphatic heterocycles. The number of ether oxygens (including phenoxy) is 1. The number of nitrogens with one attached hydrogen (secondary N) is 1. The molecule has 0 saturated heterocycles. The van der Waals surface area contributed by atoms with E-state index in [1.807, 2.05) is 30.5 Å². The van der Waals surface area contributed by atoms with Crippen molar-refractivity contribution in [3.05, 3.63) is 77.2 Å². The van der Waals surface area contributed by atoms with Crippen molar-refractivity contribution in [1.82, 2.24) is 14.1 Å². The number of fused-ring (bicyclic) bond motifs is 1. The Hall–Kier alpha value is -3.94. The molecule has 0 radical (unpaired) electrons. The maximum atomic E-state index is 13.0. The van der Waals surface area contributed by atoms with Gasteiger partial charge in [-0.1, -0.05) is 12.1 Å². The highest BCUT2D eigenvalue weighted by molar-refractivity contribution is 5.93. The molecule has 8 heteroatoms. The largest absolute Gasteiger partial charge is 0.497 e. The van der Waals surface area contributed by atoms with Gasteiger partial charge >= 0.3 is 0 Å². The lowest BCUT2D eigenvalue weighted by atomic mass is 10.1. The minimum atomic E-state index is -0.410. The van der Waals surface area contributed by atoms with Crippen LogP contribution in [0.2, 0.25) is 0 Å². The highest BCUT2D eigenvalue weighted by Crippen LogP contribution is 2.29. The van der Waals surface area contributed by atoms with Gasteiger partial charge in [-0.05, 0) is 42.0 Å². The summed E-state index contributed by atoms with van der Waals surface area (Å²) in [5.74, 6) is -0.100. The second-order valence-corrected chi connectivity index (χ2v) is 6.82. The number of hydrogen-bond donors (Lipinski definition) is 1. The topological polar surface area (TPSA) is 78.1 Å². The number of anilines is 1. The third-order valence-corrected chi connectivity index (χ3v) is 4.77. The molecule has 0 fully saturated rings. The molecule has 7 nitrogen and oxygen atoms in total. The number of benzene rings is 2. The van der Waals surface area contributed by atoms with Crippen molar-refractivity contribution in [3.63, 3.8) is 0 Å². The Bertz CT molecular complexity index is 1290. The van der Waals surface area contributed by atoms with E-state index in [0.717, 1.165) is 11.1 Å². The molecule has 0 spiro atoms. The number of methoxy groups -OCH3 is 1. The van der Waals surface area contributed by atoms with E-state index in [1.54, 1.807) is 18.7 Å². The average molecular weight is 406 g/mol. The average Bonchev–Trinajstić information content (AvgIpc) is 3.09. The van der Waals surface area contributed by atoms with Crippen LogP contribution in [0.15, 0.2) is 65.8 Å². The quantitative estimate of drug-likeness (QED) is 0.552. The van der Waals surface area contributed by atoms with E-state index in [9.17, 15) is 14.0 Å². The first-order valence-corrected chi connectivity index (χ1v) is 9.20. The van der Waals surface area contributed by atoms with Crippen molar-refractivity contribution in [2.24, 2.45) is 7.05 Å². The molecule has 2 heterocycles. The number of hydrogen-bond acceptors (Lipinski definition) is 4. The van der Waals surface area contributed by atoms with Gasteiger partial charge in [-0.3, -0.25) is 14.2 Å². The first kappa shape index (κ1) is 19.4. The molecule has 4 aromatic rings. The normalized spacial score (nSPS) is 10.9. The van der Waals surface area contributed by atoms with Crippen molar-refractivity contribution in [3.8, 4) is 16.9 Å². The van der Waals surface area contributed by atoms with Crippen LogP contribution in [-0.4, -0.2) is 27.1 Å². The zero-order chi connectivity index (χ0) is 21.3. The number of nitrogens with zero attached hydrogens (tertiary/aromatic N) is 3. The zero-order valence-electron chi connectivity index (χ0n) is 16.4. The van der Waals surface area contributed by atoms with Crippen molar-refractivity contribution >= 4 is 22.6 Å². The summed E-state index contributed by atoms with van der Waals surface area (Å²) >= 11 is 0. The first-order chi connectivity index (χ1) is 14.5. The molecule has 152 valence electrons. The Labute approximate surface area is 171 Å². The molecule has 2 aromatic heterocycles. The highest BCUT2D eigenvalue weighted by Gasteiger charge is 2.16. The standard InChI is InChI=1S/C22H19FN4O3/c1-26-11-18(14-4-3-5-17(10-14)30-2)20-21(26)22(29)27(13-24-20)12-19(28)25-16-8-6-15(23)7-9-16/h3-11,13H,12H2,1-2H3,(H,25,28). The molecular formula is C22H19FN4O3. The summed E-state index contributed by atoms with van der Waals surface area (Å²) in [5.41, 5.74) is 2.73. The number of carbonyl (C=O) groups excluding carboxylic acids is 1. The van der Waals surface area contributed by atoms with E-state index in [-0.39, 0.29) is 12.1 Å². The lowest BCUT2D eigenvalue weighted by molar-refractivity contribution is -0.116. The molecule has 0 aliphatic rings. The van der Waals surface area contributed by atoms with Gasteiger partial charge in [0, 0.05) is 24.5 Å². The minimum absolute atomic E-state index is 0.210. The van der Waals surface area contributed by atoms with Gasteiger partial charge in [-0.15, -0.1) is 0 Å². The van der Waals surface area contributed by atoms with Crippen LogP contribution in [-0.2, 0) is 18.4 Å².